The fraction of sp³-hybridized carbons (Fsp3) is 0.816. The van der Waals surface area contributed by atoms with Gasteiger partial charge in [0.05, 0.1) is 12.9 Å². The van der Waals surface area contributed by atoms with E-state index in [1.54, 1.807) is 0 Å². The number of unbranched alkanes of at least 4 members (excludes halogenated alkanes) is 23. The second-order valence-corrected chi connectivity index (χ2v) is 18.4. The van der Waals surface area contributed by atoms with Gasteiger partial charge in [-0.3, -0.25) is 13.8 Å². The Morgan fingerprint density at radius 1 is 0.516 bits per heavy atom. The number of phosphoric ester groups is 1. The lowest BCUT2D eigenvalue weighted by atomic mass is 9.85. The van der Waals surface area contributed by atoms with Crippen LogP contribution >= 0.6 is 7.82 Å². The predicted octanol–water partition coefficient (Wildman–Crippen LogP) is 10.8. The topological polar surface area (TPSA) is 192 Å². The lowest BCUT2D eigenvalue weighted by Gasteiger charge is -2.41. The van der Waals surface area contributed by atoms with Crippen molar-refractivity contribution in [1.29, 1.82) is 0 Å². The number of hydrogen-bond acceptors (Lipinski definition) is 11. The van der Waals surface area contributed by atoms with E-state index in [9.17, 15) is 39.8 Å². The lowest BCUT2D eigenvalue weighted by molar-refractivity contribution is -0.220. The monoisotopic (exact) mass is 901 g/mol. The van der Waals surface area contributed by atoms with Crippen molar-refractivity contribution in [1.82, 2.24) is 0 Å². The normalized spacial score (nSPS) is 22.3. The summed E-state index contributed by atoms with van der Waals surface area (Å²) in [5.41, 5.74) is 0. The SMILES string of the molecule is CCCCC/C=C\C/C=C\C/C=C\CCCCCCC(=O)O[C@H](CO/C=C\CCCCCCCCCCCCCCCCCC)COP(=O)(O)OC1C(O)C(O)C(O)[C@@H](O)C1O. The summed E-state index contributed by atoms with van der Waals surface area (Å²) in [5, 5.41) is 50.2. The van der Waals surface area contributed by atoms with Crippen molar-refractivity contribution in [2.75, 3.05) is 13.2 Å². The molecular weight excluding hydrogens is 812 g/mol. The van der Waals surface area contributed by atoms with Crippen LogP contribution in [0.1, 0.15) is 200 Å². The molecule has 1 saturated carbocycles. The minimum atomic E-state index is -5.04. The molecular formula is C49H89O12P. The quantitative estimate of drug-likeness (QED) is 0.0112. The molecule has 8 atom stereocenters. The zero-order valence-electron chi connectivity index (χ0n) is 38.7. The number of carbonyl (C=O) groups excluding carboxylic acids is 1. The standard InChI is InChI=1S/C49H89O12P/c1-3-5-7-9-11-13-15-17-19-21-23-25-27-29-31-33-35-37-39-58-40-42(41-59-62(56,57)61-49-47(54)45(52)44(51)46(53)48(49)55)60-43(50)38-36-34-32-30-28-26-24-22-20-18-16-14-12-10-8-6-4-2/h12,14,18,20,24,26,37,39,42,44-49,51-55H,3-11,13,15-17,19,21-23,25,27-36,38,40-41H2,1-2H3,(H,56,57)/b14-12-,20-18-,26-24-,39-37-/t42-,44?,45-,46?,47?,48?,49?/m1/s1. The molecule has 1 aliphatic rings. The first-order chi connectivity index (χ1) is 30.0. The Bertz CT molecular complexity index is 1210. The van der Waals surface area contributed by atoms with Crippen LogP contribution in [-0.4, -0.2) is 92.3 Å². The highest BCUT2D eigenvalue weighted by Gasteiger charge is 2.51. The first-order valence-electron chi connectivity index (χ1n) is 24.5. The maximum absolute atomic E-state index is 12.8. The summed E-state index contributed by atoms with van der Waals surface area (Å²) in [6.45, 7) is 3.69. The number of ether oxygens (including phenoxy) is 2. The van der Waals surface area contributed by atoms with E-state index in [-0.39, 0.29) is 13.0 Å². The number of rotatable bonds is 41. The van der Waals surface area contributed by atoms with Gasteiger partial charge in [-0.15, -0.1) is 0 Å². The van der Waals surface area contributed by atoms with Crippen molar-refractivity contribution in [3.05, 3.63) is 48.8 Å². The van der Waals surface area contributed by atoms with Crippen LogP contribution in [0.25, 0.3) is 0 Å². The molecule has 0 saturated heterocycles. The largest absolute Gasteiger partial charge is 0.498 e. The summed E-state index contributed by atoms with van der Waals surface area (Å²) in [5.74, 6) is -0.520. The van der Waals surface area contributed by atoms with E-state index in [4.69, 9.17) is 18.5 Å². The molecule has 1 rings (SSSR count). The molecule has 6 unspecified atom stereocenters. The molecule has 0 aromatic heterocycles. The highest BCUT2D eigenvalue weighted by molar-refractivity contribution is 7.47. The zero-order valence-corrected chi connectivity index (χ0v) is 39.6. The van der Waals surface area contributed by atoms with E-state index in [1.165, 1.54) is 115 Å². The van der Waals surface area contributed by atoms with Crippen LogP contribution in [-0.2, 0) is 27.9 Å². The van der Waals surface area contributed by atoms with Crippen molar-refractivity contribution in [3.63, 3.8) is 0 Å². The fourth-order valence-corrected chi connectivity index (χ4v) is 8.30. The molecule has 0 aromatic carbocycles. The van der Waals surface area contributed by atoms with Crippen LogP contribution < -0.4 is 0 Å². The summed E-state index contributed by atoms with van der Waals surface area (Å²) in [7, 11) is -5.04. The Balaban J connectivity index is 2.41. The van der Waals surface area contributed by atoms with Crippen LogP contribution in [0.4, 0.5) is 0 Å². The number of allylic oxidation sites excluding steroid dienone is 7. The summed E-state index contributed by atoms with van der Waals surface area (Å²) in [4.78, 5) is 23.2. The van der Waals surface area contributed by atoms with Gasteiger partial charge in [0.2, 0.25) is 0 Å². The predicted molar refractivity (Wildman–Crippen MR) is 248 cm³/mol. The average Bonchev–Trinajstić information content (AvgIpc) is 3.26. The number of phosphoric acid groups is 1. The molecule has 13 heteroatoms. The van der Waals surface area contributed by atoms with Gasteiger partial charge in [-0.25, -0.2) is 4.57 Å². The van der Waals surface area contributed by atoms with Crippen LogP contribution in [0.3, 0.4) is 0 Å². The van der Waals surface area contributed by atoms with Crippen molar-refractivity contribution < 1.29 is 58.3 Å². The minimum absolute atomic E-state index is 0.144. The average molecular weight is 901 g/mol. The van der Waals surface area contributed by atoms with Crippen molar-refractivity contribution in [2.24, 2.45) is 0 Å². The molecule has 0 aromatic rings. The number of aliphatic hydroxyl groups excluding tert-OH is 5. The van der Waals surface area contributed by atoms with Gasteiger partial charge in [-0.1, -0.05) is 172 Å². The molecule has 0 bridgehead atoms. The van der Waals surface area contributed by atoms with Gasteiger partial charge in [-0.2, -0.15) is 0 Å². The molecule has 1 fully saturated rings. The first-order valence-corrected chi connectivity index (χ1v) is 26.0. The molecule has 362 valence electrons. The van der Waals surface area contributed by atoms with Crippen LogP contribution in [0.15, 0.2) is 48.8 Å². The van der Waals surface area contributed by atoms with Crippen molar-refractivity contribution in [3.8, 4) is 0 Å². The zero-order chi connectivity index (χ0) is 45.5. The smallest absolute Gasteiger partial charge is 0.472 e. The minimum Gasteiger partial charge on any atom is -0.498 e. The Labute approximate surface area is 375 Å². The van der Waals surface area contributed by atoms with E-state index in [0.29, 0.717) is 6.42 Å². The van der Waals surface area contributed by atoms with Gasteiger partial charge >= 0.3 is 13.8 Å². The van der Waals surface area contributed by atoms with Gasteiger partial charge in [-0.05, 0) is 63.9 Å². The molecule has 0 amide bonds. The highest BCUT2D eigenvalue weighted by Crippen LogP contribution is 2.47. The lowest BCUT2D eigenvalue weighted by Crippen LogP contribution is -2.64. The molecule has 0 heterocycles. The first kappa shape index (κ1) is 58.2. The number of esters is 1. The number of aliphatic hydroxyl groups is 5. The third-order valence-electron chi connectivity index (χ3n) is 11.3. The Morgan fingerprint density at radius 2 is 0.903 bits per heavy atom. The third-order valence-corrected chi connectivity index (χ3v) is 12.3. The maximum Gasteiger partial charge on any atom is 0.472 e. The molecule has 12 nitrogen and oxygen atoms in total. The van der Waals surface area contributed by atoms with Crippen molar-refractivity contribution in [2.45, 2.75) is 243 Å². The molecule has 0 spiro atoms. The van der Waals surface area contributed by atoms with Crippen molar-refractivity contribution >= 4 is 13.8 Å². The Kier molecular flexibility index (Phi) is 37.1. The van der Waals surface area contributed by atoms with Crippen LogP contribution in [0, 0.1) is 0 Å². The Morgan fingerprint density at radius 3 is 1.40 bits per heavy atom. The van der Waals surface area contributed by atoms with E-state index in [1.807, 2.05) is 6.08 Å². The summed E-state index contributed by atoms with van der Waals surface area (Å²) in [6, 6.07) is 0. The van der Waals surface area contributed by atoms with E-state index in [2.05, 4.69) is 50.3 Å². The second kappa shape index (κ2) is 39.5. The van der Waals surface area contributed by atoms with E-state index >= 15 is 0 Å². The summed E-state index contributed by atoms with van der Waals surface area (Å²) < 4.78 is 34.0. The van der Waals surface area contributed by atoms with Gasteiger partial charge in [0, 0.05) is 6.42 Å². The highest BCUT2D eigenvalue weighted by atomic mass is 31.2. The van der Waals surface area contributed by atoms with Gasteiger partial charge in [0.1, 0.15) is 43.2 Å². The number of carbonyl (C=O) groups is 1. The maximum atomic E-state index is 12.8. The molecule has 1 aliphatic carbocycles. The molecule has 62 heavy (non-hydrogen) atoms. The van der Waals surface area contributed by atoms with Crippen LogP contribution in [0.5, 0.6) is 0 Å². The summed E-state index contributed by atoms with van der Waals surface area (Å²) >= 11 is 0. The second-order valence-electron chi connectivity index (χ2n) is 17.0. The summed E-state index contributed by atoms with van der Waals surface area (Å²) in [6.07, 6.45) is 36.8. The van der Waals surface area contributed by atoms with Gasteiger partial charge < -0.3 is 39.9 Å². The molecule has 0 radical (unpaired) electrons. The Hall–Kier alpha value is -1.86. The van der Waals surface area contributed by atoms with Crippen LogP contribution in [0.2, 0.25) is 0 Å². The fourth-order valence-electron chi connectivity index (χ4n) is 7.33. The van der Waals surface area contributed by atoms with E-state index < -0.39 is 63.1 Å². The molecule has 0 aliphatic heterocycles. The number of hydrogen-bond donors (Lipinski definition) is 6. The third kappa shape index (κ3) is 31.1. The van der Waals surface area contributed by atoms with Gasteiger partial charge in [0.15, 0.2) is 6.10 Å². The molecule has 6 N–H and O–H groups in total. The van der Waals surface area contributed by atoms with E-state index in [0.717, 1.165) is 64.2 Å². The van der Waals surface area contributed by atoms with Gasteiger partial charge in [0.25, 0.3) is 0 Å².